The van der Waals surface area contributed by atoms with Crippen LogP contribution in [0.25, 0.3) is 0 Å². The van der Waals surface area contributed by atoms with Gasteiger partial charge >= 0.3 is 0 Å². The molecule has 0 fully saturated rings. The van der Waals surface area contributed by atoms with E-state index in [0.29, 0.717) is 24.3 Å². The van der Waals surface area contributed by atoms with Crippen molar-refractivity contribution in [3.63, 3.8) is 0 Å². The number of rotatable bonds is 5. The highest BCUT2D eigenvalue weighted by Gasteiger charge is 2.24. The fourth-order valence-electron chi connectivity index (χ4n) is 3.57. The Morgan fingerprint density at radius 3 is 2.52 bits per heavy atom. The van der Waals surface area contributed by atoms with E-state index >= 15 is 0 Å². The van der Waals surface area contributed by atoms with Gasteiger partial charge in [-0.3, -0.25) is 9.59 Å². The monoisotopic (exact) mass is 370 g/mol. The van der Waals surface area contributed by atoms with Crippen LogP contribution in [-0.2, 0) is 13.0 Å². The molecular weight excluding hydrogens is 344 g/mol. The molecule has 1 aliphatic rings. The zero-order chi connectivity index (χ0) is 19.4. The minimum Gasteiger partial charge on any atom is -0.497 e. The molecule has 1 aromatic heterocycles. The van der Waals surface area contributed by atoms with Crippen molar-refractivity contribution in [2.75, 3.05) is 14.2 Å². The molecule has 2 heterocycles. The van der Waals surface area contributed by atoms with Gasteiger partial charge in [0.2, 0.25) is 0 Å². The molecule has 2 aromatic rings. The molecule has 3 rings (SSSR count). The Balaban J connectivity index is 1.92. The van der Waals surface area contributed by atoms with Gasteiger partial charge in [-0.25, -0.2) is 0 Å². The van der Waals surface area contributed by atoms with Crippen LogP contribution >= 0.6 is 0 Å². The highest BCUT2D eigenvalue weighted by Crippen LogP contribution is 2.26. The van der Waals surface area contributed by atoms with Gasteiger partial charge in [0.05, 0.1) is 20.3 Å². The summed E-state index contributed by atoms with van der Waals surface area (Å²) in [4.78, 5) is 25.5. The number of carbonyl (C=O) groups is 1. The van der Waals surface area contributed by atoms with Gasteiger partial charge in [0.1, 0.15) is 17.1 Å². The quantitative estimate of drug-likeness (QED) is 0.878. The van der Waals surface area contributed by atoms with Gasteiger partial charge in [-0.15, -0.1) is 0 Å². The largest absolute Gasteiger partial charge is 0.497 e. The Morgan fingerprint density at radius 1 is 1.11 bits per heavy atom. The number of pyridine rings is 1. The lowest BCUT2D eigenvalue weighted by atomic mass is 10.0. The molecule has 0 aliphatic carbocycles. The van der Waals surface area contributed by atoms with Gasteiger partial charge in [0.25, 0.3) is 11.5 Å². The molecule has 6 heteroatoms. The van der Waals surface area contributed by atoms with Crippen LogP contribution in [0.1, 0.15) is 53.8 Å². The van der Waals surface area contributed by atoms with Gasteiger partial charge in [0.15, 0.2) is 0 Å². The lowest BCUT2D eigenvalue weighted by Gasteiger charge is -2.20. The average Bonchev–Trinajstić information content (AvgIpc) is 2.94. The highest BCUT2D eigenvalue weighted by molar-refractivity contribution is 5.98. The number of aromatic nitrogens is 1. The van der Waals surface area contributed by atoms with Crippen molar-refractivity contribution in [3.05, 3.63) is 57.5 Å². The second-order valence-corrected chi connectivity index (χ2v) is 6.80. The van der Waals surface area contributed by atoms with Crippen LogP contribution in [-0.4, -0.2) is 24.7 Å². The molecule has 1 amide bonds. The number of hydrogen-bond acceptors (Lipinski definition) is 4. The second-order valence-electron chi connectivity index (χ2n) is 6.80. The highest BCUT2D eigenvalue weighted by atomic mass is 16.5. The van der Waals surface area contributed by atoms with Crippen LogP contribution in [0.3, 0.4) is 0 Å². The molecule has 144 valence electrons. The van der Waals surface area contributed by atoms with Crippen molar-refractivity contribution in [1.82, 2.24) is 9.88 Å². The van der Waals surface area contributed by atoms with E-state index in [4.69, 9.17) is 9.47 Å². The molecule has 1 N–H and O–H groups in total. The third kappa shape index (κ3) is 3.99. The summed E-state index contributed by atoms with van der Waals surface area (Å²) >= 11 is 0. The van der Waals surface area contributed by atoms with Crippen LogP contribution in [0, 0.1) is 0 Å². The normalized spacial score (nSPS) is 14.6. The van der Waals surface area contributed by atoms with E-state index in [1.54, 1.807) is 11.7 Å². The lowest BCUT2D eigenvalue weighted by Crippen LogP contribution is -2.32. The topological polar surface area (TPSA) is 69.6 Å². The van der Waals surface area contributed by atoms with E-state index < -0.39 is 0 Å². The molecule has 1 aliphatic heterocycles. The number of ether oxygens (including phenoxy) is 2. The number of nitrogens with one attached hydrogen (secondary N) is 1. The van der Waals surface area contributed by atoms with E-state index in [2.05, 4.69) is 5.32 Å². The number of amides is 1. The summed E-state index contributed by atoms with van der Waals surface area (Å²) in [5.74, 6) is 0.889. The first kappa shape index (κ1) is 19.0. The molecule has 0 unspecified atom stereocenters. The summed E-state index contributed by atoms with van der Waals surface area (Å²) in [6.07, 6.45) is 3.66. The van der Waals surface area contributed by atoms with Gasteiger partial charge in [-0.2, -0.15) is 0 Å². The molecule has 0 saturated carbocycles. The molecule has 1 aromatic carbocycles. The summed E-state index contributed by atoms with van der Waals surface area (Å²) in [7, 11) is 3.11. The number of carbonyl (C=O) groups excluding carboxylic acids is 1. The van der Waals surface area contributed by atoms with Gasteiger partial charge in [-0.1, -0.05) is 18.6 Å². The molecule has 1 atom stereocenters. The zero-order valence-electron chi connectivity index (χ0n) is 16.1. The van der Waals surface area contributed by atoms with Crippen LogP contribution in [0.5, 0.6) is 11.5 Å². The first-order valence-electron chi connectivity index (χ1n) is 9.30. The van der Waals surface area contributed by atoms with E-state index in [1.807, 2.05) is 31.2 Å². The van der Waals surface area contributed by atoms with Gasteiger partial charge in [0, 0.05) is 18.3 Å². The molecular formula is C21H26N2O4. The van der Waals surface area contributed by atoms with Crippen molar-refractivity contribution < 1.29 is 14.3 Å². The Bertz CT molecular complexity index is 871. The number of fused-ring (bicyclic) bond motifs is 1. The van der Waals surface area contributed by atoms with Gasteiger partial charge < -0.3 is 19.4 Å². The standard InChI is InChI=1S/C21H26N2O4/c1-14(15-8-10-16(26-2)11-9-15)22-21(25)20-17-7-5-4-6-12-23(17)19(24)13-18(20)27-3/h8-11,13-14H,4-7,12H2,1-3H3,(H,22,25)/t14-/m0/s1. The van der Waals surface area contributed by atoms with Crippen LogP contribution in [0.15, 0.2) is 35.1 Å². The Kier molecular flexibility index (Phi) is 5.84. The van der Waals surface area contributed by atoms with Gasteiger partial charge in [-0.05, 0) is 43.9 Å². The Labute approximate surface area is 159 Å². The first-order chi connectivity index (χ1) is 13.0. The molecule has 0 spiro atoms. The third-order valence-electron chi connectivity index (χ3n) is 5.09. The SMILES string of the molecule is COc1ccc([C@H](C)NC(=O)c2c(OC)cc(=O)n3c2CCCCC3)cc1. The third-order valence-corrected chi connectivity index (χ3v) is 5.09. The number of hydrogen-bond donors (Lipinski definition) is 1. The molecule has 27 heavy (non-hydrogen) atoms. The Hall–Kier alpha value is -2.76. The van der Waals surface area contributed by atoms with Crippen molar-refractivity contribution in [1.29, 1.82) is 0 Å². The lowest BCUT2D eigenvalue weighted by molar-refractivity contribution is 0.0934. The smallest absolute Gasteiger partial charge is 0.257 e. The molecule has 0 radical (unpaired) electrons. The fourth-order valence-corrected chi connectivity index (χ4v) is 3.57. The first-order valence-corrected chi connectivity index (χ1v) is 9.30. The van der Waals surface area contributed by atoms with E-state index in [-0.39, 0.29) is 17.5 Å². The summed E-state index contributed by atoms with van der Waals surface area (Å²) in [5.41, 5.74) is 2.11. The predicted octanol–water partition coefficient (Wildman–Crippen LogP) is 3.08. The van der Waals surface area contributed by atoms with Crippen LogP contribution in [0.4, 0.5) is 0 Å². The maximum atomic E-state index is 13.1. The minimum absolute atomic E-state index is 0.108. The summed E-state index contributed by atoms with van der Waals surface area (Å²) in [5, 5.41) is 3.04. The van der Waals surface area contributed by atoms with E-state index in [9.17, 15) is 9.59 Å². The molecule has 0 bridgehead atoms. The summed E-state index contributed by atoms with van der Waals surface area (Å²) < 4.78 is 12.3. The van der Waals surface area contributed by atoms with Crippen molar-refractivity contribution in [2.24, 2.45) is 0 Å². The number of methoxy groups -OCH3 is 2. The van der Waals surface area contributed by atoms with Crippen molar-refractivity contribution >= 4 is 5.91 Å². The molecule has 0 saturated heterocycles. The zero-order valence-corrected chi connectivity index (χ0v) is 16.1. The molecule has 6 nitrogen and oxygen atoms in total. The summed E-state index contributed by atoms with van der Waals surface area (Å²) in [6, 6.07) is 8.82. The number of nitrogens with zero attached hydrogens (tertiary/aromatic N) is 1. The minimum atomic E-state index is -0.221. The van der Waals surface area contributed by atoms with Crippen LogP contribution < -0.4 is 20.3 Å². The van der Waals surface area contributed by atoms with Crippen molar-refractivity contribution in [3.8, 4) is 11.5 Å². The fraction of sp³-hybridized carbons (Fsp3) is 0.429. The van der Waals surface area contributed by atoms with E-state index in [0.717, 1.165) is 36.3 Å². The summed E-state index contributed by atoms with van der Waals surface area (Å²) in [6.45, 7) is 2.58. The maximum absolute atomic E-state index is 13.1. The average molecular weight is 370 g/mol. The predicted molar refractivity (Wildman–Crippen MR) is 104 cm³/mol. The second kappa shape index (κ2) is 8.29. The maximum Gasteiger partial charge on any atom is 0.257 e. The van der Waals surface area contributed by atoms with Crippen LogP contribution in [0.2, 0.25) is 0 Å². The van der Waals surface area contributed by atoms with E-state index in [1.165, 1.54) is 13.2 Å². The Morgan fingerprint density at radius 2 is 1.85 bits per heavy atom. The van der Waals surface area contributed by atoms with Crippen molar-refractivity contribution in [2.45, 2.75) is 45.2 Å². The number of benzene rings is 1.